The molecule has 0 aromatic rings. The third kappa shape index (κ3) is 2.02. The molecule has 1 nitrogen and oxygen atoms in total. The van der Waals surface area contributed by atoms with E-state index in [1.165, 1.54) is 6.42 Å². The van der Waals surface area contributed by atoms with Crippen LogP contribution in [0.1, 0.15) is 40.0 Å². The predicted octanol–water partition coefficient (Wildman–Crippen LogP) is 3.45. The van der Waals surface area contributed by atoms with Crippen molar-refractivity contribution in [3.05, 3.63) is 12.2 Å². The number of carbonyl (C=O) groups excluding carboxylic acids is 1. The Bertz CT molecular complexity index is 277. The van der Waals surface area contributed by atoms with E-state index in [9.17, 15) is 4.79 Å². The van der Waals surface area contributed by atoms with E-state index < -0.39 is 0 Å². The van der Waals surface area contributed by atoms with Gasteiger partial charge in [0.25, 0.3) is 0 Å². The first kappa shape index (κ1) is 10.9. The van der Waals surface area contributed by atoms with Gasteiger partial charge in [0.05, 0.1) is 0 Å². The molecule has 2 aliphatic rings. The molecule has 1 heteroatoms. The Morgan fingerprint density at radius 3 is 2.53 bits per heavy atom. The first-order chi connectivity index (χ1) is 7.09. The maximum Gasteiger partial charge on any atom is 0.136 e. The number of allylic oxidation sites excluding steroid dienone is 2. The van der Waals surface area contributed by atoms with Crippen molar-refractivity contribution in [3.8, 4) is 0 Å². The lowest BCUT2D eigenvalue weighted by Crippen LogP contribution is -2.25. The number of hydrogen-bond acceptors (Lipinski definition) is 1. The van der Waals surface area contributed by atoms with Gasteiger partial charge in [0.1, 0.15) is 5.78 Å². The van der Waals surface area contributed by atoms with Gasteiger partial charge in [-0.2, -0.15) is 0 Å². The standard InChI is InChI=1S/C14H22O/c1-9(2)4-7-13(15)14-10(3)11-5-6-12(14)8-11/h5-6,9-12,14H,4,7-8H2,1-3H3/t10-,11-,12-,14+/m0/s1. The largest absolute Gasteiger partial charge is 0.299 e. The van der Waals surface area contributed by atoms with E-state index in [1.807, 2.05) is 0 Å². The van der Waals surface area contributed by atoms with Crippen molar-refractivity contribution >= 4 is 5.78 Å². The molecule has 0 saturated heterocycles. The molecule has 0 radical (unpaired) electrons. The van der Waals surface area contributed by atoms with Crippen molar-refractivity contribution < 1.29 is 4.79 Å². The predicted molar refractivity (Wildman–Crippen MR) is 62.5 cm³/mol. The first-order valence-electron chi connectivity index (χ1n) is 6.30. The molecule has 0 unspecified atom stereocenters. The molecule has 0 N–H and O–H groups in total. The summed E-state index contributed by atoms with van der Waals surface area (Å²) in [7, 11) is 0. The van der Waals surface area contributed by atoms with Gasteiger partial charge in [0, 0.05) is 12.3 Å². The maximum absolute atomic E-state index is 12.1. The average Bonchev–Trinajstić information content (AvgIpc) is 2.74. The molecular weight excluding hydrogens is 184 g/mol. The number of ketones is 1. The van der Waals surface area contributed by atoms with Crippen molar-refractivity contribution in [2.45, 2.75) is 40.0 Å². The first-order valence-corrected chi connectivity index (χ1v) is 6.30. The molecule has 1 saturated carbocycles. The Morgan fingerprint density at radius 1 is 1.33 bits per heavy atom. The minimum atomic E-state index is 0.346. The van der Waals surface area contributed by atoms with Crippen molar-refractivity contribution in [3.63, 3.8) is 0 Å². The number of carbonyl (C=O) groups is 1. The van der Waals surface area contributed by atoms with E-state index >= 15 is 0 Å². The van der Waals surface area contributed by atoms with Crippen LogP contribution >= 0.6 is 0 Å². The van der Waals surface area contributed by atoms with Crippen LogP contribution in [-0.2, 0) is 4.79 Å². The van der Waals surface area contributed by atoms with Crippen LogP contribution in [0.3, 0.4) is 0 Å². The zero-order valence-corrected chi connectivity index (χ0v) is 10.1. The highest BCUT2D eigenvalue weighted by Crippen LogP contribution is 2.48. The fourth-order valence-corrected chi connectivity index (χ4v) is 3.20. The van der Waals surface area contributed by atoms with Gasteiger partial charge in [-0.05, 0) is 36.5 Å². The smallest absolute Gasteiger partial charge is 0.136 e. The molecule has 84 valence electrons. The molecular formula is C14H22O. The summed E-state index contributed by atoms with van der Waals surface area (Å²) in [4.78, 5) is 12.1. The third-order valence-corrected chi connectivity index (χ3v) is 4.19. The molecule has 1 fully saturated rings. The Balaban J connectivity index is 1.94. The quantitative estimate of drug-likeness (QED) is 0.644. The van der Waals surface area contributed by atoms with Crippen LogP contribution < -0.4 is 0 Å². The number of rotatable bonds is 4. The Hall–Kier alpha value is -0.590. The molecule has 0 aromatic heterocycles. The van der Waals surface area contributed by atoms with Crippen LogP contribution in [-0.4, -0.2) is 5.78 Å². The topological polar surface area (TPSA) is 17.1 Å². The molecule has 0 amide bonds. The summed E-state index contributed by atoms with van der Waals surface area (Å²) < 4.78 is 0. The van der Waals surface area contributed by atoms with Crippen molar-refractivity contribution in [1.29, 1.82) is 0 Å². The van der Waals surface area contributed by atoms with E-state index in [0.717, 1.165) is 12.8 Å². The second-order valence-electron chi connectivity index (χ2n) is 5.73. The van der Waals surface area contributed by atoms with Crippen LogP contribution in [0.2, 0.25) is 0 Å². The summed E-state index contributed by atoms with van der Waals surface area (Å²) >= 11 is 0. The highest BCUT2D eigenvalue weighted by molar-refractivity contribution is 5.82. The number of fused-ring (bicyclic) bond motifs is 2. The minimum Gasteiger partial charge on any atom is -0.299 e. The fourth-order valence-electron chi connectivity index (χ4n) is 3.20. The molecule has 0 heterocycles. The average molecular weight is 206 g/mol. The minimum absolute atomic E-state index is 0.346. The van der Waals surface area contributed by atoms with E-state index in [4.69, 9.17) is 0 Å². The van der Waals surface area contributed by atoms with Crippen LogP contribution in [0.15, 0.2) is 12.2 Å². The molecule has 15 heavy (non-hydrogen) atoms. The number of Topliss-reactive ketones (excluding diaryl/α,β-unsaturated/α-hetero) is 1. The van der Waals surface area contributed by atoms with Crippen molar-refractivity contribution in [2.24, 2.45) is 29.6 Å². The lowest BCUT2D eigenvalue weighted by Gasteiger charge is -2.23. The van der Waals surface area contributed by atoms with Crippen LogP contribution in [0.4, 0.5) is 0 Å². The monoisotopic (exact) mass is 206 g/mol. The normalized spacial score (nSPS) is 37.9. The van der Waals surface area contributed by atoms with Gasteiger partial charge in [0.15, 0.2) is 0 Å². The Morgan fingerprint density at radius 2 is 2.00 bits per heavy atom. The molecule has 2 aliphatic carbocycles. The Kier molecular flexibility index (Phi) is 2.99. The maximum atomic E-state index is 12.1. The highest BCUT2D eigenvalue weighted by Gasteiger charge is 2.44. The van der Waals surface area contributed by atoms with E-state index in [1.54, 1.807) is 0 Å². The summed E-state index contributed by atoms with van der Waals surface area (Å²) in [6, 6.07) is 0. The van der Waals surface area contributed by atoms with Gasteiger partial charge in [-0.15, -0.1) is 0 Å². The highest BCUT2D eigenvalue weighted by atomic mass is 16.1. The number of hydrogen-bond donors (Lipinski definition) is 0. The van der Waals surface area contributed by atoms with Gasteiger partial charge < -0.3 is 0 Å². The van der Waals surface area contributed by atoms with E-state index in [-0.39, 0.29) is 0 Å². The third-order valence-electron chi connectivity index (χ3n) is 4.19. The van der Waals surface area contributed by atoms with E-state index in [2.05, 4.69) is 32.9 Å². The lowest BCUT2D eigenvalue weighted by molar-refractivity contribution is -0.125. The summed E-state index contributed by atoms with van der Waals surface area (Å²) in [5.41, 5.74) is 0. The molecule has 0 spiro atoms. The Labute approximate surface area is 92.9 Å². The SMILES string of the molecule is CC(C)CCC(=O)[C@@H]1[C@@H](C)[C@H]2C=C[C@H]1C2. The lowest BCUT2D eigenvalue weighted by atomic mass is 9.80. The molecule has 2 bridgehead atoms. The molecule has 4 atom stereocenters. The summed E-state index contributed by atoms with van der Waals surface area (Å²) in [5.74, 6) is 3.39. The van der Waals surface area contributed by atoms with E-state index in [0.29, 0.717) is 35.4 Å². The van der Waals surface area contributed by atoms with Gasteiger partial charge in [0.2, 0.25) is 0 Å². The zero-order valence-electron chi connectivity index (χ0n) is 10.1. The fraction of sp³-hybridized carbons (Fsp3) is 0.786. The molecule has 0 aromatic carbocycles. The van der Waals surface area contributed by atoms with Crippen LogP contribution in [0.5, 0.6) is 0 Å². The summed E-state index contributed by atoms with van der Waals surface area (Å²) in [6.45, 7) is 6.64. The van der Waals surface area contributed by atoms with Gasteiger partial charge in [-0.25, -0.2) is 0 Å². The zero-order chi connectivity index (χ0) is 11.0. The van der Waals surface area contributed by atoms with Gasteiger partial charge in [-0.3, -0.25) is 4.79 Å². The second-order valence-corrected chi connectivity index (χ2v) is 5.73. The summed E-state index contributed by atoms with van der Waals surface area (Å²) in [6.07, 6.45) is 7.69. The van der Waals surface area contributed by atoms with Crippen molar-refractivity contribution in [1.82, 2.24) is 0 Å². The van der Waals surface area contributed by atoms with Crippen molar-refractivity contribution in [2.75, 3.05) is 0 Å². The second kappa shape index (κ2) is 4.11. The van der Waals surface area contributed by atoms with Crippen LogP contribution in [0, 0.1) is 29.6 Å². The molecule has 0 aliphatic heterocycles. The van der Waals surface area contributed by atoms with Gasteiger partial charge >= 0.3 is 0 Å². The molecule has 2 rings (SSSR count). The van der Waals surface area contributed by atoms with Gasteiger partial charge in [-0.1, -0.05) is 32.9 Å². The summed E-state index contributed by atoms with van der Waals surface area (Å²) in [5, 5.41) is 0. The van der Waals surface area contributed by atoms with Crippen LogP contribution in [0.25, 0.3) is 0 Å².